The standard InChI is InChI=1S/C14H17F2NO3/c1-3-6-17-12(8-13(18)20-2)14(19)10-7-9(15)4-5-11(10)16/h3-5,7,12,14,17,19H,1,6,8H2,2H3. The second kappa shape index (κ2) is 7.72. The summed E-state index contributed by atoms with van der Waals surface area (Å²) >= 11 is 0. The largest absolute Gasteiger partial charge is 0.469 e. The first-order chi connectivity index (χ1) is 9.49. The third-order valence-corrected chi connectivity index (χ3v) is 2.80. The second-order valence-electron chi connectivity index (χ2n) is 4.19. The molecule has 1 rings (SSSR count). The van der Waals surface area contributed by atoms with Crippen molar-refractivity contribution in [3.8, 4) is 0 Å². The van der Waals surface area contributed by atoms with Gasteiger partial charge in [-0.05, 0) is 18.2 Å². The lowest BCUT2D eigenvalue weighted by molar-refractivity contribution is -0.142. The number of hydrogen-bond donors (Lipinski definition) is 2. The minimum atomic E-state index is -1.38. The average molecular weight is 285 g/mol. The molecule has 0 bridgehead atoms. The average Bonchev–Trinajstić information content (AvgIpc) is 2.44. The molecule has 0 heterocycles. The van der Waals surface area contributed by atoms with Crippen LogP contribution in [0.5, 0.6) is 0 Å². The molecule has 0 spiro atoms. The first-order valence-corrected chi connectivity index (χ1v) is 6.03. The quantitative estimate of drug-likeness (QED) is 0.591. The van der Waals surface area contributed by atoms with Gasteiger partial charge in [-0.15, -0.1) is 6.58 Å². The van der Waals surface area contributed by atoms with Crippen LogP contribution in [0.15, 0.2) is 30.9 Å². The predicted octanol–water partition coefficient (Wildman–Crippen LogP) is 1.71. The van der Waals surface area contributed by atoms with E-state index in [0.717, 1.165) is 18.2 Å². The topological polar surface area (TPSA) is 58.6 Å². The number of ether oxygens (including phenoxy) is 1. The number of hydrogen-bond acceptors (Lipinski definition) is 4. The highest BCUT2D eigenvalue weighted by Crippen LogP contribution is 2.23. The molecule has 0 radical (unpaired) electrons. The fourth-order valence-electron chi connectivity index (χ4n) is 1.75. The van der Waals surface area contributed by atoms with Crippen molar-refractivity contribution in [1.29, 1.82) is 0 Å². The van der Waals surface area contributed by atoms with Crippen molar-refractivity contribution in [1.82, 2.24) is 5.32 Å². The zero-order valence-corrected chi connectivity index (χ0v) is 11.1. The zero-order valence-electron chi connectivity index (χ0n) is 11.1. The molecule has 110 valence electrons. The highest BCUT2D eigenvalue weighted by Gasteiger charge is 2.26. The zero-order chi connectivity index (χ0) is 15.1. The lowest BCUT2D eigenvalue weighted by atomic mass is 9.99. The van der Waals surface area contributed by atoms with Gasteiger partial charge >= 0.3 is 5.97 Å². The molecule has 0 saturated carbocycles. The lowest BCUT2D eigenvalue weighted by Crippen LogP contribution is -2.37. The molecular weight excluding hydrogens is 268 g/mol. The fourth-order valence-corrected chi connectivity index (χ4v) is 1.75. The minimum absolute atomic E-state index is 0.179. The smallest absolute Gasteiger partial charge is 0.307 e. The number of aliphatic hydroxyl groups is 1. The van der Waals surface area contributed by atoms with Gasteiger partial charge in [0.2, 0.25) is 0 Å². The van der Waals surface area contributed by atoms with Crippen LogP contribution in [-0.2, 0) is 9.53 Å². The summed E-state index contributed by atoms with van der Waals surface area (Å²) < 4.78 is 31.3. The Hall–Kier alpha value is -1.79. The van der Waals surface area contributed by atoms with Crippen LogP contribution in [0.1, 0.15) is 18.1 Å². The Bertz CT molecular complexity index is 479. The first-order valence-electron chi connectivity index (χ1n) is 6.03. The van der Waals surface area contributed by atoms with Crippen LogP contribution in [0, 0.1) is 11.6 Å². The summed E-state index contributed by atoms with van der Waals surface area (Å²) in [5.41, 5.74) is -0.213. The van der Waals surface area contributed by atoms with E-state index in [0.29, 0.717) is 6.54 Å². The Balaban J connectivity index is 2.95. The number of carbonyl (C=O) groups is 1. The molecule has 0 amide bonds. The maximum atomic E-state index is 13.6. The van der Waals surface area contributed by atoms with Crippen molar-refractivity contribution in [3.05, 3.63) is 48.1 Å². The Kier molecular flexibility index (Phi) is 6.27. The van der Waals surface area contributed by atoms with Gasteiger partial charge in [-0.2, -0.15) is 0 Å². The third-order valence-electron chi connectivity index (χ3n) is 2.80. The first kappa shape index (κ1) is 16.3. The second-order valence-corrected chi connectivity index (χ2v) is 4.19. The van der Waals surface area contributed by atoms with Gasteiger partial charge in [0, 0.05) is 18.2 Å². The molecule has 1 aromatic carbocycles. The molecule has 0 aliphatic carbocycles. The number of rotatable bonds is 7. The number of benzene rings is 1. The monoisotopic (exact) mass is 285 g/mol. The van der Waals surface area contributed by atoms with Crippen LogP contribution >= 0.6 is 0 Å². The van der Waals surface area contributed by atoms with E-state index < -0.39 is 29.7 Å². The molecule has 1 aromatic rings. The van der Waals surface area contributed by atoms with Crippen LogP contribution in [0.3, 0.4) is 0 Å². The molecule has 0 aliphatic rings. The van der Waals surface area contributed by atoms with E-state index in [1.54, 1.807) is 0 Å². The Morgan fingerprint density at radius 3 is 2.85 bits per heavy atom. The predicted molar refractivity (Wildman–Crippen MR) is 69.9 cm³/mol. The van der Waals surface area contributed by atoms with Crippen LogP contribution in [0.4, 0.5) is 8.78 Å². The van der Waals surface area contributed by atoms with Crippen molar-refractivity contribution in [2.75, 3.05) is 13.7 Å². The molecule has 6 heteroatoms. The maximum absolute atomic E-state index is 13.6. The van der Waals surface area contributed by atoms with Crippen molar-refractivity contribution in [2.45, 2.75) is 18.6 Å². The molecule has 20 heavy (non-hydrogen) atoms. The SMILES string of the molecule is C=CCNC(CC(=O)OC)C(O)c1cc(F)ccc1F. The summed E-state index contributed by atoms with van der Waals surface area (Å²) in [7, 11) is 1.21. The van der Waals surface area contributed by atoms with Gasteiger partial charge < -0.3 is 15.2 Å². The fraction of sp³-hybridized carbons (Fsp3) is 0.357. The van der Waals surface area contributed by atoms with E-state index in [4.69, 9.17) is 0 Å². The van der Waals surface area contributed by atoms with E-state index in [-0.39, 0.29) is 12.0 Å². The van der Waals surface area contributed by atoms with E-state index in [2.05, 4.69) is 16.6 Å². The van der Waals surface area contributed by atoms with Crippen LogP contribution < -0.4 is 5.32 Å². The van der Waals surface area contributed by atoms with Crippen molar-refractivity contribution in [2.24, 2.45) is 0 Å². The van der Waals surface area contributed by atoms with Gasteiger partial charge in [-0.25, -0.2) is 8.78 Å². The van der Waals surface area contributed by atoms with Gasteiger partial charge in [-0.3, -0.25) is 4.79 Å². The number of halogens is 2. The Labute approximate surface area is 116 Å². The van der Waals surface area contributed by atoms with E-state index >= 15 is 0 Å². The maximum Gasteiger partial charge on any atom is 0.307 e. The highest BCUT2D eigenvalue weighted by atomic mass is 19.1. The van der Waals surface area contributed by atoms with E-state index in [1.807, 2.05) is 0 Å². The number of nitrogens with one attached hydrogen (secondary N) is 1. The Morgan fingerprint density at radius 2 is 2.25 bits per heavy atom. The molecule has 2 unspecified atom stereocenters. The lowest BCUT2D eigenvalue weighted by Gasteiger charge is -2.23. The summed E-state index contributed by atoms with van der Waals surface area (Å²) in [6, 6.07) is 1.98. The summed E-state index contributed by atoms with van der Waals surface area (Å²) in [5.74, 6) is -1.97. The summed E-state index contributed by atoms with van der Waals surface area (Å²) in [6.45, 7) is 3.80. The molecule has 0 aromatic heterocycles. The van der Waals surface area contributed by atoms with Crippen LogP contribution in [0.2, 0.25) is 0 Å². The number of carbonyl (C=O) groups excluding carboxylic acids is 1. The van der Waals surface area contributed by atoms with Crippen LogP contribution in [-0.4, -0.2) is 30.8 Å². The van der Waals surface area contributed by atoms with E-state index in [9.17, 15) is 18.7 Å². The molecule has 2 N–H and O–H groups in total. The summed E-state index contributed by atoms with van der Waals surface area (Å²) in [5, 5.41) is 13.0. The van der Waals surface area contributed by atoms with Gasteiger partial charge in [0.15, 0.2) is 0 Å². The molecule has 2 atom stereocenters. The van der Waals surface area contributed by atoms with Gasteiger partial charge in [0.25, 0.3) is 0 Å². The normalized spacial score (nSPS) is 13.6. The molecule has 0 saturated heterocycles. The van der Waals surface area contributed by atoms with E-state index in [1.165, 1.54) is 13.2 Å². The number of aliphatic hydroxyl groups excluding tert-OH is 1. The van der Waals surface area contributed by atoms with Gasteiger partial charge in [0.1, 0.15) is 11.6 Å². The molecule has 0 aliphatic heterocycles. The number of methoxy groups -OCH3 is 1. The van der Waals surface area contributed by atoms with Gasteiger partial charge in [-0.1, -0.05) is 6.08 Å². The Morgan fingerprint density at radius 1 is 1.55 bits per heavy atom. The summed E-state index contributed by atoms with van der Waals surface area (Å²) in [4.78, 5) is 11.3. The highest BCUT2D eigenvalue weighted by molar-refractivity contribution is 5.70. The molecular formula is C14H17F2NO3. The van der Waals surface area contributed by atoms with Crippen molar-refractivity contribution >= 4 is 5.97 Å². The summed E-state index contributed by atoms with van der Waals surface area (Å²) in [6.07, 6.45) is -0.0369. The van der Waals surface area contributed by atoms with Crippen molar-refractivity contribution in [3.63, 3.8) is 0 Å². The third kappa shape index (κ3) is 4.40. The molecule has 4 nitrogen and oxygen atoms in total. The van der Waals surface area contributed by atoms with Gasteiger partial charge in [0.05, 0.1) is 19.6 Å². The number of esters is 1. The molecule has 0 fully saturated rings. The van der Waals surface area contributed by atoms with Crippen LogP contribution in [0.25, 0.3) is 0 Å². The van der Waals surface area contributed by atoms with Crippen molar-refractivity contribution < 1.29 is 23.4 Å². The minimum Gasteiger partial charge on any atom is -0.469 e.